The second-order valence-corrected chi connectivity index (χ2v) is 7.45. The molecule has 0 aliphatic heterocycles. The molecule has 0 saturated carbocycles. The van der Waals surface area contributed by atoms with E-state index in [9.17, 15) is 0 Å². The predicted octanol–water partition coefficient (Wildman–Crippen LogP) is 4.08. The van der Waals surface area contributed by atoms with Gasteiger partial charge in [0.25, 0.3) is 0 Å². The van der Waals surface area contributed by atoms with Crippen LogP contribution in [0.5, 0.6) is 0 Å². The van der Waals surface area contributed by atoms with Crippen molar-refractivity contribution in [2.24, 2.45) is 5.92 Å². The number of nitrogens with zero attached hydrogens (tertiary/aromatic N) is 1. The second kappa shape index (κ2) is 8.02. The first kappa shape index (κ1) is 20.1. The fourth-order valence-corrected chi connectivity index (χ4v) is 4.42. The number of rotatable bonds is 3. The first-order chi connectivity index (χ1) is 6.86. The largest absolute Gasteiger partial charge is 0.147 e. The van der Waals surface area contributed by atoms with Crippen molar-refractivity contribution in [2.75, 3.05) is 14.1 Å². The number of hydrogen-bond donors (Lipinski definition) is 0. The van der Waals surface area contributed by atoms with Gasteiger partial charge >= 0.3 is 104 Å². The topological polar surface area (TPSA) is 3.24 Å². The van der Waals surface area contributed by atoms with Crippen molar-refractivity contribution in [3.8, 4) is 0 Å². The molecule has 0 N–H and O–H groups in total. The third kappa shape index (κ3) is 4.40. The van der Waals surface area contributed by atoms with Crippen molar-refractivity contribution in [3.05, 3.63) is 20.6 Å². The van der Waals surface area contributed by atoms with Gasteiger partial charge in [-0.15, -0.1) is 24.8 Å². The summed E-state index contributed by atoms with van der Waals surface area (Å²) < 4.78 is 2.53. The third-order valence-corrected chi connectivity index (χ3v) is 6.99. The van der Waals surface area contributed by atoms with Crippen molar-refractivity contribution in [1.29, 1.82) is 0 Å². The molecule has 1 nitrogen and oxygen atoms in total. The fraction of sp³-hybridized carbons (Fsp3) is 0.692. The van der Waals surface area contributed by atoms with Gasteiger partial charge in [0.2, 0.25) is 0 Å². The number of halogens is 2. The van der Waals surface area contributed by atoms with E-state index in [0.717, 1.165) is 4.35 Å². The van der Waals surface area contributed by atoms with Crippen LogP contribution < -0.4 is 0 Å². The Morgan fingerprint density at radius 2 is 1.53 bits per heavy atom. The van der Waals surface area contributed by atoms with Gasteiger partial charge in [-0.1, -0.05) is 0 Å². The molecule has 1 aliphatic rings. The molecule has 0 spiro atoms. The van der Waals surface area contributed by atoms with E-state index in [2.05, 4.69) is 53.6 Å². The quantitative estimate of drug-likeness (QED) is 0.710. The van der Waals surface area contributed by atoms with Crippen molar-refractivity contribution in [3.63, 3.8) is 0 Å². The molecular formula is C13H25Cl2NTi. The van der Waals surface area contributed by atoms with Gasteiger partial charge in [-0.05, 0) is 0 Å². The van der Waals surface area contributed by atoms with Crippen molar-refractivity contribution in [2.45, 2.75) is 39.0 Å². The van der Waals surface area contributed by atoms with Gasteiger partial charge in [-0.3, -0.25) is 0 Å². The maximum Gasteiger partial charge on any atom is -0.147 e. The molecule has 4 heteroatoms. The van der Waals surface area contributed by atoms with E-state index in [1.54, 1.807) is 20.6 Å². The van der Waals surface area contributed by atoms with E-state index >= 15 is 0 Å². The summed E-state index contributed by atoms with van der Waals surface area (Å²) in [5.74, 6) is 0.715. The van der Waals surface area contributed by atoms with Gasteiger partial charge < -0.3 is 0 Å². The Kier molecular flexibility index (Phi) is 9.46. The Morgan fingerprint density at radius 3 is 1.82 bits per heavy atom. The van der Waals surface area contributed by atoms with E-state index in [0.29, 0.717) is 5.92 Å². The molecule has 1 rings (SSSR count). The molecule has 0 aromatic carbocycles. The van der Waals surface area contributed by atoms with Crippen LogP contribution >= 0.6 is 24.8 Å². The molecule has 1 aliphatic carbocycles. The average Bonchev–Trinajstić information content (AvgIpc) is 2.35. The normalized spacial score (nSPS) is 21.3. The summed E-state index contributed by atoms with van der Waals surface area (Å²) in [5, 5.41) is 0. The molecule has 0 amide bonds. The second-order valence-electron chi connectivity index (χ2n) is 4.85. The summed E-state index contributed by atoms with van der Waals surface area (Å²) in [6, 6.07) is 0. The SMILES string of the molecule is CC1=C(C)C(C)[C]([Ti][CH](C)N(C)C)=C1C.Cl.Cl. The van der Waals surface area contributed by atoms with Crippen LogP contribution in [0, 0.1) is 5.92 Å². The number of hydrogen-bond acceptors (Lipinski definition) is 1. The van der Waals surface area contributed by atoms with Gasteiger partial charge in [-0.25, -0.2) is 0 Å². The molecule has 0 aromatic rings. The molecule has 0 fully saturated rings. The predicted molar refractivity (Wildman–Crippen MR) is 77.9 cm³/mol. The van der Waals surface area contributed by atoms with Crippen LogP contribution in [-0.2, 0) is 19.2 Å². The molecule has 0 aromatic heterocycles. The van der Waals surface area contributed by atoms with Crippen LogP contribution in [0.25, 0.3) is 0 Å². The molecule has 2 atom stereocenters. The average molecular weight is 314 g/mol. The minimum absolute atomic E-state index is 0. The zero-order valence-corrected chi connectivity index (χ0v) is 15.1. The molecule has 17 heavy (non-hydrogen) atoms. The van der Waals surface area contributed by atoms with Gasteiger partial charge in [0, 0.05) is 0 Å². The van der Waals surface area contributed by atoms with Crippen LogP contribution in [0.1, 0.15) is 34.6 Å². The van der Waals surface area contributed by atoms with E-state index in [4.69, 9.17) is 0 Å². The van der Waals surface area contributed by atoms with Crippen molar-refractivity contribution in [1.82, 2.24) is 4.90 Å². The Labute approximate surface area is 128 Å². The standard InChI is InChI=1S/C9H13.C4H10N.2ClH.Ti/c1-6-5-7(2)9(4)8(6)3;1-4-5(2)3;;;/h6H,1-4H3;4H,1-3H3;2*1H;. The van der Waals surface area contributed by atoms with Gasteiger partial charge in [-0.2, -0.15) is 0 Å². The molecule has 0 heterocycles. The summed E-state index contributed by atoms with van der Waals surface area (Å²) in [4.78, 5) is 2.36. The van der Waals surface area contributed by atoms with E-state index in [1.807, 2.05) is 0 Å². The van der Waals surface area contributed by atoms with E-state index in [1.165, 1.54) is 0 Å². The first-order valence-corrected chi connectivity index (χ1v) is 7.36. The summed E-state index contributed by atoms with van der Waals surface area (Å²) >= 11 is 0.00333. The van der Waals surface area contributed by atoms with Crippen LogP contribution in [0.2, 0.25) is 0 Å². The summed E-state index contributed by atoms with van der Waals surface area (Å²) in [6.07, 6.45) is 0. The summed E-state index contributed by atoms with van der Waals surface area (Å²) in [5.41, 5.74) is 4.73. The summed E-state index contributed by atoms with van der Waals surface area (Å²) in [7, 11) is 4.38. The zero-order valence-electron chi connectivity index (χ0n) is 11.9. The fourth-order valence-electron chi connectivity index (χ4n) is 1.95. The molecule has 0 bridgehead atoms. The van der Waals surface area contributed by atoms with E-state index < -0.39 is 0 Å². The van der Waals surface area contributed by atoms with E-state index in [-0.39, 0.29) is 44.0 Å². The summed E-state index contributed by atoms with van der Waals surface area (Å²) in [6.45, 7) is 11.6. The Bertz CT molecular complexity index is 321. The van der Waals surface area contributed by atoms with Gasteiger partial charge in [0.15, 0.2) is 0 Å². The maximum atomic E-state index is 2.37. The number of allylic oxidation sites excluding steroid dienone is 4. The van der Waals surface area contributed by atoms with Gasteiger partial charge in [0.05, 0.1) is 0 Å². The molecule has 100 valence electrons. The van der Waals surface area contributed by atoms with Crippen LogP contribution in [-0.4, -0.2) is 23.3 Å². The minimum atomic E-state index is 0. The third-order valence-electron chi connectivity index (χ3n) is 3.78. The monoisotopic (exact) mass is 313 g/mol. The Balaban J connectivity index is 0. The zero-order chi connectivity index (χ0) is 11.7. The van der Waals surface area contributed by atoms with Crippen LogP contribution in [0.4, 0.5) is 0 Å². The van der Waals surface area contributed by atoms with Gasteiger partial charge in [0.1, 0.15) is 0 Å². The molecular weight excluding hydrogens is 289 g/mol. The molecule has 0 radical (unpaired) electrons. The maximum absolute atomic E-state index is 2.37. The Morgan fingerprint density at radius 1 is 1.06 bits per heavy atom. The van der Waals surface area contributed by atoms with Crippen LogP contribution in [0.15, 0.2) is 20.6 Å². The smallest absolute Gasteiger partial charge is 0.147 e. The molecule has 2 unspecified atom stereocenters. The molecule has 0 saturated heterocycles. The Hall–Kier alpha value is 0.734. The van der Waals surface area contributed by atoms with Crippen LogP contribution in [0.3, 0.4) is 0 Å². The van der Waals surface area contributed by atoms with Crippen molar-refractivity contribution >= 4 is 24.8 Å². The minimum Gasteiger partial charge on any atom is -0.147 e. The first-order valence-electron chi connectivity index (χ1n) is 5.67. The van der Waals surface area contributed by atoms with Crippen molar-refractivity contribution < 1.29 is 19.2 Å².